The molecule has 0 radical (unpaired) electrons. The Balaban J connectivity index is 1.87. The minimum atomic E-state index is 0.834. The lowest BCUT2D eigenvalue weighted by molar-refractivity contribution is 0.356. The summed E-state index contributed by atoms with van der Waals surface area (Å²) < 4.78 is 5.35. The first kappa shape index (κ1) is 14.4. The Morgan fingerprint density at radius 3 is 2.63 bits per heavy atom. The molecule has 1 fully saturated rings. The molecular weight excluding hydrogens is 236 g/mol. The van der Waals surface area contributed by atoms with E-state index in [-0.39, 0.29) is 0 Å². The molecule has 0 aliphatic carbocycles. The van der Waals surface area contributed by atoms with E-state index in [9.17, 15) is 0 Å². The largest absolute Gasteiger partial charge is 0.496 e. The Morgan fingerprint density at radius 1 is 1.21 bits per heavy atom. The topological polar surface area (TPSA) is 33.3 Å². The van der Waals surface area contributed by atoms with Gasteiger partial charge in [0.15, 0.2) is 0 Å². The average Bonchev–Trinajstić information content (AvgIpc) is 2.45. The molecule has 0 bridgehead atoms. The summed E-state index contributed by atoms with van der Waals surface area (Å²) in [6.07, 6.45) is 2.60. The minimum absolute atomic E-state index is 0.834. The van der Waals surface area contributed by atoms with Gasteiger partial charge < -0.3 is 15.4 Å². The van der Waals surface area contributed by atoms with Crippen molar-refractivity contribution in [3.05, 3.63) is 28.8 Å². The van der Waals surface area contributed by atoms with Gasteiger partial charge in [0, 0.05) is 6.54 Å². The van der Waals surface area contributed by atoms with Crippen molar-refractivity contribution in [1.82, 2.24) is 10.6 Å². The average molecular weight is 262 g/mol. The quantitative estimate of drug-likeness (QED) is 0.855. The lowest BCUT2D eigenvalue weighted by atomic mass is 9.97. The van der Waals surface area contributed by atoms with Gasteiger partial charge in [-0.2, -0.15) is 0 Å². The van der Waals surface area contributed by atoms with Crippen LogP contribution in [0.3, 0.4) is 0 Å². The Kier molecular flexibility index (Phi) is 5.23. The molecule has 3 heteroatoms. The number of nitrogens with one attached hydrogen (secondary N) is 2. The third kappa shape index (κ3) is 3.71. The molecule has 1 heterocycles. The predicted octanol–water partition coefficient (Wildman–Crippen LogP) is 2.40. The Bertz CT molecular complexity index is 411. The summed E-state index contributed by atoms with van der Waals surface area (Å²) in [6.45, 7) is 8.75. The van der Waals surface area contributed by atoms with Crippen LogP contribution in [0.4, 0.5) is 0 Å². The van der Waals surface area contributed by atoms with Gasteiger partial charge in [-0.05, 0) is 75.0 Å². The first-order valence-corrected chi connectivity index (χ1v) is 7.27. The second-order valence-corrected chi connectivity index (χ2v) is 5.50. The SMILES string of the molecule is COc1ccc(CNCC2CCNCC2)c(C)c1C. The molecule has 1 aromatic carbocycles. The van der Waals surface area contributed by atoms with Crippen molar-refractivity contribution in [3.63, 3.8) is 0 Å². The highest BCUT2D eigenvalue weighted by molar-refractivity contribution is 5.43. The van der Waals surface area contributed by atoms with Gasteiger partial charge in [-0.15, -0.1) is 0 Å². The second kappa shape index (κ2) is 6.92. The highest BCUT2D eigenvalue weighted by atomic mass is 16.5. The number of piperidine rings is 1. The molecular formula is C16H26N2O. The van der Waals surface area contributed by atoms with Gasteiger partial charge in [0.25, 0.3) is 0 Å². The third-order valence-corrected chi connectivity index (χ3v) is 4.28. The van der Waals surface area contributed by atoms with Crippen molar-refractivity contribution in [2.45, 2.75) is 33.2 Å². The molecule has 0 atom stereocenters. The molecule has 0 saturated carbocycles. The van der Waals surface area contributed by atoms with E-state index in [1.54, 1.807) is 7.11 Å². The van der Waals surface area contributed by atoms with Crippen LogP contribution in [0.15, 0.2) is 12.1 Å². The fraction of sp³-hybridized carbons (Fsp3) is 0.625. The van der Waals surface area contributed by atoms with Crippen LogP contribution in [-0.4, -0.2) is 26.7 Å². The molecule has 1 saturated heterocycles. The van der Waals surface area contributed by atoms with E-state index >= 15 is 0 Å². The van der Waals surface area contributed by atoms with Crippen LogP contribution < -0.4 is 15.4 Å². The number of hydrogen-bond donors (Lipinski definition) is 2. The van der Waals surface area contributed by atoms with Gasteiger partial charge in [-0.3, -0.25) is 0 Å². The third-order valence-electron chi connectivity index (χ3n) is 4.28. The minimum Gasteiger partial charge on any atom is -0.496 e. The summed E-state index contributed by atoms with van der Waals surface area (Å²) in [7, 11) is 1.73. The van der Waals surface area contributed by atoms with Crippen LogP contribution >= 0.6 is 0 Å². The maximum absolute atomic E-state index is 5.35. The standard InChI is InChI=1S/C16H26N2O/c1-12-13(2)16(19-3)5-4-15(12)11-18-10-14-6-8-17-9-7-14/h4-5,14,17-18H,6-11H2,1-3H3. The van der Waals surface area contributed by atoms with Gasteiger partial charge in [-0.1, -0.05) is 6.07 Å². The fourth-order valence-electron chi connectivity index (χ4n) is 2.76. The molecule has 2 rings (SSSR count). The molecule has 1 aromatic rings. The molecule has 1 aliphatic heterocycles. The maximum Gasteiger partial charge on any atom is 0.122 e. The number of hydrogen-bond acceptors (Lipinski definition) is 3. The molecule has 0 amide bonds. The highest BCUT2D eigenvalue weighted by Gasteiger charge is 2.12. The molecule has 19 heavy (non-hydrogen) atoms. The van der Waals surface area contributed by atoms with Crippen LogP contribution in [-0.2, 0) is 6.54 Å². The van der Waals surface area contributed by atoms with E-state index in [4.69, 9.17) is 4.74 Å². The maximum atomic E-state index is 5.35. The Hall–Kier alpha value is -1.06. The Labute approximate surface area is 116 Å². The first-order valence-electron chi connectivity index (χ1n) is 7.27. The highest BCUT2D eigenvalue weighted by Crippen LogP contribution is 2.23. The summed E-state index contributed by atoms with van der Waals surface area (Å²) in [6, 6.07) is 4.25. The first-order chi connectivity index (χ1) is 9.22. The zero-order chi connectivity index (χ0) is 13.7. The van der Waals surface area contributed by atoms with E-state index < -0.39 is 0 Å². The smallest absolute Gasteiger partial charge is 0.122 e. The summed E-state index contributed by atoms with van der Waals surface area (Å²) in [5.74, 6) is 1.82. The fourth-order valence-corrected chi connectivity index (χ4v) is 2.76. The molecule has 0 spiro atoms. The normalized spacial score (nSPS) is 16.6. The van der Waals surface area contributed by atoms with E-state index in [1.165, 1.54) is 42.6 Å². The summed E-state index contributed by atoms with van der Waals surface area (Å²) in [5, 5.41) is 7.02. The molecule has 2 N–H and O–H groups in total. The van der Waals surface area contributed by atoms with Crippen LogP contribution in [0.25, 0.3) is 0 Å². The van der Waals surface area contributed by atoms with Crippen LogP contribution in [0.5, 0.6) is 5.75 Å². The zero-order valence-corrected chi connectivity index (χ0v) is 12.4. The number of rotatable bonds is 5. The monoisotopic (exact) mass is 262 g/mol. The van der Waals surface area contributed by atoms with E-state index in [2.05, 4.69) is 36.6 Å². The van der Waals surface area contributed by atoms with Gasteiger partial charge >= 0.3 is 0 Å². The lowest BCUT2D eigenvalue weighted by Crippen LogP contribution is -2.33. The zero-order valence-electron chi connectivity index (χ0n) is 12.4. The van der Waals surface area contributed by atoms with Gasteiger partial charge in [0.2, 0.25) is 0 Å². The molecule has 106 valence electrons. The van der Waals surface area contributed by atoms with E-state index in [1.807, 2.05) is 0 Å². The van der Waals surface area contributed by atoms with Crippen molar-refractivity contribution >= 4 is 0 Å². The summed E-state index contributed by atoms with van der Waals surface area (Å²) in [5.41, 5.74) is 3.98. The van der Waals surface area contributed by atoms with Crippen molar-refractivity contribution in [2.24, 2.45) is 5.92 Å². The van der Waals surface area contributed by atoms with Gasteiger partial charge in [0.1, 0.15) is 5.75 Å². The molecule has 0 aromatic heterocycles. The number of methoxy groups -OCH3 is 1. The summed E-state index contributed by atoms with van der Waals surface area (Å²) in [4.78, 5) is 0. The second-order valence-electron chi connectivity index (χ2n) is 5.50. The van der Waals surface area contributed by atoms with Crippen LogP contribution in [0.2, 0.25) is 0 Å². The Morgan fingerprint density at radius 2 is 1.95 bits per heavy atom. The summed E-state index contributed by atoms with van der Waals surface area (Å²) >= 11 is 0. The predicted molar refractivity (Wildman–Crippen MR) is 79.8 cm³/mol. The molecule has 3 nitrogen and oxygen atoms in total. The van der Waals surface area contributed by atoms with Crippen molar-refractivity contribution in [2.75, 3.05) is 26.7 Å². The van der Waals surface area contributed by atoms with Crippen LogP contribution in [0, 0.1) is 19.8 Å². The molecule has 0 unspecified atom stereocenters. The van der Waals surface area contributed by atoms with Crippen molar-refractivity contribution < 1.29 is 4.74 Å². The van der Waals surface area contributed by atoms with Crippen molar-refractivity contribution in [3.8, 4) is 5.75 Å². The molecule has 1 aliphatic rings. The van der Waals surface area contributed by atoms with E-state index in [0.717, 1.165) is 24.8 Å². The lowest BCUT2D eigenvalue weighted by Gasteiger charge is -2.23. The van der Waals surface area contributed by atoms with E-state index in [0.29, 0.717) is 0 Å². The van der Waals surface area contributed by atoms with Crippen molar-refractivity contribution in [1.29, 1.82) is 0 Å². The van der Waals surface area contributed by atoms with Gasteiger partial charge in [-0.25, -0.2) is 0 Å². The van der Waals surface area contributed by atoms with Crippen LogP contribution in [0.1, 0.15) is 29.5 Å². The number of ether oxygens (including phenoxy) is 1. The van der Waals surface area contributed by atoms with Gasteiger partial charge in [0.05, 0.1) is 7.11 Å². The number of benzene rings is 1.